The fraction of sp³-hybridized carbons (Fsp3) is 0.444. The number of rotatable bonds is 6. The number of benzene rings is 1. The summed E-state index contributed by atoms with van der Waals surface area (Å²) in [5.74, 6) is -1.66. The molecular weight excluding hydrogens is 490 g/mol. The van der Waals surface area contributed by atoms with Crippen molar-refractivity contribution in [2.45, 2.75) is 38.9 Å². The van der Waals surface area contributed by atoms with Gasteiger partial charge >= 0.3 is 11.9 Å². The highest BCUT2D eigenvalue weighted by Gasteiger charge is 2.64. The molecule has 1 saturated heterocycles. The zero-order valence-electron chi connectivity index (χ0n) is 20.3. The minimum atomic E-state index is -4.55. The quantitative estimate of drug-likeness (QED) is 0.542. The Kier molecular flexibility index (Phi) is 6.34. The van der Waals surface area contributed by atoms with E-state index in [0.29, 0.717) is 30.2 Å². The van der Waals surface area contributed by atoms with E-state index in [-0.39, 0.29) is 35.4 Å². The molecule has 3 atom stereocenters. The van der Waals surface area contributed by atoms with Crippen LogP contribution in [0.1, 0.15) is 35.2 Å². The van der Waals surface area contributed by atoms with Crippen molar-refractivity contribution < 1.29 is 22.4 Å². The predicted octanol–water partition coefficient (Wildman–Crippen LogP) is 4.08. The van der Waals surface area contributed by atoms with Gasteiger partial charge in [-0.05, 0) is 62.3 Å². The molecule has 1 aliphatic heterocycles. The Bertz CT molecular complexity index is 1410. The third-order valence-electron chi connectivity index (χ3n) is 7.92. The fourth-order valence-corrected chi connectivity index (χ4v) is 5.96. The van der Waals surface area contributed by atoms with Crippen molar-refractivity contribution in [2.24, 2.45) is 17.3 Å². The van der Waals surface area contributed by atoms with E-state index in [1.807, 2.05) is 0 Å². The van der Waals surface area contributed by atoms with Crippen LogP contribution < -0.4 is 11.2 Å². The number of nitrogens with zero attached hydrogens (tertiary/aromatic N) is 3. The maximum Gasteiger partial charge on any atom is 0.416 e. The highest BCUT2D eigenvalue weighted by Crippen LogP contribution is 2.65. The maximum absolute atomic E-state index is 14.7. The van der Waals surface area contributed by atoms with Gasteiger partial charge in [0, 0.05) is 42.9 Å². The van der Waals surface area contributed by atoms with Gasteiger partial charge in [-0.25, -0.2) is 9.18 Å². The van der Waals surface area contributed by atoms with Gasteiger partial charge in [0.05, 0.1) is 5.57 Å². The summed E-state index contributed by atoms with van der Waals surface area (Å²) in [6.07, 6.45) is 0.0523. The van der Waals surface area contributed by atoms with Crippen LogP contribution in [-0.2, 0) is 6.54 Å². The van der Waals surface area contributed by atoms with E-state index in [1.165, 1.54) is 10.8 Å². The molecular formula is C27H27F4N3O3. The standard InChI is InChI=1S/C27H27F4N3O3/c1-17-14-33(25(37)34(23(17)35)24(36)18-6-3-2-4-7-18)11-5-10-32-15-20-13-26(20,16-32)21-9-8-19(12-22(21)28)27(29,30)31/h2-4,6-8,12,14,20-21H,5,9-11,13,15-16H2,1H3/t20-,21-,26-/m0/s1. The van der Waals surface area contributed by atoms with Crippen molar-refractivity contribution >= 4 is 5.91 Å². The molecule has 196 valence electrons. The number of alkyl halides is 3. The van der Waals surface area contributed by atoms with Crippen LogP contribution in [0, 0.1) is 24.2 Å². The molecule has 1 saturated carbocycles. The Balaban J connectivity index is 1.23. The summed E-state index contributed by atoms with van der Waals surface area (Å²) >= 11 is 0. The van der Waals surface area contributed by atoms with Crippen LogP contribution in [-0.4, -0.2) is 45.8 Å². The molecule has 0 bridgehead atoms. The number of halogens is 4. The van der Waals surface area contributed by atoms with Gasteiger partial charge in [-0.3, -0.25) is 14.2 Å². The summed E-state index contributed by atoms with van der Waals surface area (Å²) in [7, 11) is 0. The first-order valence-electron chi connectivity index (χ1n) is 12.3. The van der Waals surface area contributed by atoms with E-state index in [0.717, 1.165) is 19.0 Å². The van der Waals surface area contributed by atoms with Gasteiger partial charge in [-0.2, -0.15) is 17.7 Å². The van der Waals surface area contributed by atoms with Crippen LogP contribution >= 0.6 is 0 Å². The van der Waals surface area contributed by atoms with E-state index in [4.69, 9.17) is 0 Å². The van der Waals surface area contributed by atoms with Crippen LogP contribution in [0.15, 0.2) is 69.7 Å². The average Bonchev–Trinajstić information content (AvgIpc) is 3.42. The van der Waals surface area contributed by atoms with Crippen LogP contribution in [0.5, 0.6) is 0 Å². The number of likely N-dealkylation sites (tertiary alicyclic amines) is 1. The van der Waals surface area contributed by atoms with E-state index in [9.17, 15) is 31.9 Å². The second-order valence-corrected chi connectivity index (χ2v) is 10.3. The van der Waals surface area contributed by atoms with Gasteiger partial charge in [0.1, 0.15) is 5.83 Å². The van der Waals surface area contributed by atoms with Crippen molar-refractivity contribution in [3.05, 3.63) is 92.0 Å². The Morgan fingerprint density at radius 3 is 2.54 bits per heavy atom. The van der Waals surface area contributed by atoms with Gasteiger partial charge in [-0.1, -0.05) is 24.3 Å². The highest BCUT2D eigenvalue weighted by atomic mass is 19.4. The van der Waals surface area contributed by atoms with Crippen LogP contribution in [0.3, 0.4) is 0 Å². The van der Waals surface area contributed by atoms with Crippen LogP contribution in [0.4, 0.5) is 17.6 Å². The summed E-state index contributed by atoms with van der Waals surface area (Å²) in [6, 6.07) is 8.12. The largest absolute Gasteiger partial charge is 0.416 e. The van der Waals surface area contributed by atoms with Gasteiger partial charge in [-0.15, -0.1) is 0 Å². The molecule has 5 rings (SSSR count). The second-order valence-electron chi connectivity index (χ2n) is 10.3. The first-order chi connectivity index (χ1) is 17.5. The Morgan fingerprint density at radius 2 is 1.86 bits per heavy atom. The summed E-state index contributed by atoms with van der Waals surface area (Å²) in [5.41, 5.74) is -2.10. The van der Waals surface area contributed by atoms with Crippen molar-refractivity contribution in [1.29, 1.82) is 0 Å². The molecule has 1 aromatic carbocycles. The number of carbonyl (C=O) groups is 1. The summed E-state index contributed by atoms with van der Waals surface area (Å²) < 4.78 is 55.6. The molecule has 0 spiro atoms. The van der Waals surface area contributed by atoms with Gasteiger partial charge in [0.25, 0.3) is 11.5 Å². The molecule has 1 aromatic heterocycles. The fourth-order valence-electron chi connectivity index (χ4n) is 5.96. The zero-order valence-corrected chi connectivity index (χ0v) is 20.3. The molecule has 2 aliphatic carbocycles. The zero-order chi connectivity index (χ0) is 26.5. The normalized spacial score (nSPS) is 25.4. The first-order valence-corrected chi connectivity index (χ1v) is 12.3. The number of aryl methyl sites for hydroxylation is 2. The Hall–Kier alpha value is -3.27. The third kappa shape index (κ3) is 4.63. The second kappa shape index (κ2) is 9.24. The smallest absolute Gasteiger partial charge is 0.302 e. The van der Waals surface area contributed by atoms with E-state index < -0.39 is 40.7 Å². The lowest BCUT2D eigenvalue weighted by molar-refractivity contribution is -0.0891. The number of allylic oxidation sites excluding steroid dienone is 4. The maximum atomic E-state index is 14.7. The molecule has 10 heteroatoms. The molecule has 3 aliphatic rings. The summed E-state index contributed by atoms with van der Waals surface area (Å²) in [5, 5.41) is 0. The highest BCUT2D eigenvalue weighted by molar-refractivity contribution is 5.95. The minimum absolute atomic E-state index is 0.0488. The third-order valence-corrected chi connectivity index (χ3v) is 7.92. The van der Waals surface area contributed by atoms with Crippen molar-refractivity contribution in [3.63, 3.8) is 0 Å². The number of carbonyl (C=O) groups excluding carboxylic acids is 1. The minimum Gasteiger partial charge on any atom is -0.302 e. The molecule has 37 heavy (non-hydrogen) atoms. The Labute approximate surface area is 210 Å². The number of fused-ring (bicyclic) bond motifs is 1. The number of aromatic nitrogens is 2. The van der Waals surface area contributed by atoms with Gasteiger partial charge in [0.2, 0.25) is 0 Å². The van der Waals surface area contributed by atoms with Crippen molar-refractivity contribution in [3.8, 4) is 0 Å². The van der Waals surface area contributed by atoms with Crippen LogP contribution in [0.25, 0.3) is 0 Å². The predicted molar refractivity (Wildman–Crippen MR) is 129 cm³/mol. The van der Waals surface area contributed by atoms with E-state index in [2.05, 4.69) is 4.90 Å². The number of piperidine rings is 1. The van der Waals surface area contributed by atoms with Crippen LogP contribution in [0.2, 0.25) is 0 Å². The summed E-state index contributed by atoms with van der Waals surface area (Å²) in [6.45, 7) is 3.77. The molecule has 6 nitrogen and oxygen atoms in total. The number of hydrogen-bond donors (Lipinski definition) is 0. The lowest BCUT2D eigenvalue weighted by Gasteiger charge is -2.29. The number of hydrogen-bond acceptors (Lipinski definition) is 4. The topological polar surface area (TPSA) is 64.3 Å². The molecule has 0 unspecified atom stereocenters. The van der Waals surface area contributed by atoms with Crippen molar-refractivity contribution in [1.82, 2.24) is 14.0 Å². The lowest BCUT2D eigenvalue weighted by atomic mass is 9.81. The summed E-state index contributed by atoms with van der Waals surface area (Å²) in [4.78, 5) is 40.6. The molecule has 2 heterocycles. The molecule has 0 N–H and O–H groups in total. The lowest BCUT2D eigenvalue weighted by Crippen LogP contribution is -2.44. The first kappa shape index (κ1) is 25.4. The monoisotopic (exact) mass is 517 g/mol. The van der Waals surface area contributed by atoms with E-state index in [1.54, 1.807) is 37.3 Å². The van der Waals surface area contributed by atoms with Gasteiger partial charge < -0.3 is 4.90 Å². The SMILES string of the molecule is Cc1cn(CCCN2C[C@@H]3C[C@]3([C@H]3CC=C(C(F)(F)F)C=C3F)C2)c(=O)n(C(=O)c2ccccc2)c1=O. The molecule has 2 aromatic rings. The molecule has 0 radical (unpaired) electrons. The average molecular weight is 518 g/mol. The molecule has 2 fully saturated rings. The van der Waals surface area contributed by atoms with Gasteiger partial charge in [0.15, 0.2) is 0 Å². The van der Waals surface area contributed by atoms with Crippen molar-refractivity contribution in [2.75, 3.05) is 19.6 Å². The molecule has 0 amide bonds. The van der Waals surface area contributed by atoms with E-state index >= 15 is 0 Å². The Morgan fingerprint density at radius 1 is 1.14 bits per heavy atom.